The first-order valence-electron chi connectivity index (χ1n) is 14.5. The molecule has 0 bridgehead atoms. The summed E-state index contributed by atoms with van der Waals surface area (Å²) in [4.78, 5) is 2.37. The standard InChI is InChI=1S/C36H58O2S/c1-31(2,3)21-19-23(25(33(7,8)9)27(29(21)37)35(13,14)15)39-24-20-22(32(4,5)6)30(38)28(36(16,17)18)26(24)34(10,11)12/h19-20,37-38H,1-18H3. The molecule has 2 nitrogen and oxygen atoms in total. The summed E-state index contributed by atoms with van der Waals surface area (Å²) in [6, 6.07) is 4.48. The van der Waals surface area contributed by atoms with E-state index >= 15 is 0 Å². The zero-order valence-corrected chi connectivity index (χ0v) is 29.3. The number of phenolic OH excluding ortho intramolecular Hbond substituents is 2. The molecule has 0 amide bonds. The third kappa shape index (κ3) is 7.00. The van der Waals surface area contributed by atoms with Crippen molar-refractivity contribution >= 4 is 11.8 Å². The maximum absolute atomic E-state index is 11.8. The molecule has 3 heteroatoms. The number of hydrogen-bond donors (Lipinski definition) is 2. The maximum atomic E-state index is 11.8. The van der Waals surface area contributed by atoms with Gasteiger partial charge in [0.1, 0.15) is 11.5 Å². The molecule has 0 saturated carbocycles. The minimum Gasteiger partial charge on any atom is -0.507 e. The zero-order chi connectivity index (χ0) is 30.9. The van der Waals surface area contributed by atoms with Gasteiger partial charge in [0, 0.05) is 32.0 Å². The van der Waals surface area contributed by atoms with Crippen LogP contribution in [-0.4, -0.2) is 10.2 Å². The van der Waals surface area contributed by atoms with Crippen molar-refractivity contribution in [3.63, 3.8) is 0 Å². The molecule has 0 heterocycles. The summed E-state index contributed by atoms with van der Waals surface area (Å²) < 4.78 is 0. The van der Waals surface area contributed by atoms with Crippen LogP contribution in [0.25, 0.3) is 0 Å². The highest BCUT2D eigenvalue weighted by Gasteiger charge is 2.38. The van der Waals surface area contributed by atoms with Gasteiger partial charge in [-0.15, -0.1) is 0 Å². The Hall–Kier alpha value is -1.61. The highest BCUT2D eigenvalue weighted by molar-refractivity contribution is 7.99. The fourth-order valence-electron chi connectivity index (χ4n) is 5.67. The lowest BCUT2D eigenvalue weighted by Crippen LogP contribution is -2.26. The third-order valence-electron chi connectivity index (χ3n) is 7.36. The summed E-state index contributed by atoms with van der Waals surface area (Å²) in [5, 5.41) is 23.5. The normalized spacial score (nSPS) is 14.2. The zero-order valence-electron chi connectivity index (χ0n) is 28.5. The largest absolute Gasteiger partial charge is 0.507 e. The molecular formula is C36H58O2S. The Morgan fingerprint density at radius 1 is 0.385 bits per heavy atom. The van der Waals surface area contributed by atoms with Crippen LogP contribution >= 0.6 is 11.8 Å². The van der Waals surface area contributed by atoms with E-state index in [1.54, 1.807) is 0 Å². The van der Waals surface area contributed by atoms with E-state index < -0.39 is 0 Å². The molecule has 2 N–H and O–H groups in total. The molecule has 0 aliphatic carbocycles. The molecule has 2 aromatic rings. The van der Waals surface area contributed by atoms with Crippen molar-refractivity contribution in [1.29, 1.82) is 0 Å². The number of rotatable bonds is 2. The van der Waals surface area contributed by atoms with Gasteiger partial charge >= 0.3 is 0 Å². The lowest BCUT2D eigenvalue weighted by atomic mass is 9.71. The summed E-state index contributed by atoms with van der Waals surface area (Å²) >= 11 is 1.81. The second kappa shape index (κ2) is 10.0. The maximum Gasteiger partial charge on any atom is 0.123 e. The van der Waals surface area contributed by atoms with E-state index in [2.05, 4.69) is 137 Å². The van der Waals surface area contributed by atoms with Crippen LogP contribution in [0.15, 0.2) is 21.9 Å². The van der Waals surface area contributed by atoms with E-state index in [-0.39, 0.29) is 32.5 Å². The third-order valence-corrected chi connectivity index (χ3v) is 8.45. The summed E-state index contributed by atoms with van der Waals surface area (Å²) in [5.41, 5.74) is 5.15. The number of benzene rings is 2. The van der Waals surface area contributed by atoms with Gasteiger partial charge in [-0.25, -0.2) is 0 Å². The van der Waals surface area contributed by atoms with E-state index in [0.717, 1.165) is 22.3 Å². The predicted molar refractivity (Wildman–Crippen MR) is 173 cm³/mol. The average molecular weight is 555 g/mol. The highest BCUT2D eigenvalue weighted by atomic mass is 32.2. The molecule has 39 heavy (non-hydrogen) atoms. The fourth-order valence-corrected chi connectivity index (χ4v) is 7.28. The minimum absolute atomic E-state index is 0.183. The van der Waals surface area contributed by atoms with E-state index in [9.17, 15) is 10.2 Å². The Morgan fingerprint density at radius 2 is 0.615 bits per heavy atom. The first kappa shape index (κ1) is 33.6. The molecule has 0 radical (unpaired) electrons. The van der Waals surface area contributed by atoms with Crippen LogP contribution in [0, 0.1) is 0 Å². The molecule has 0 unspecified atom stereocenters. The molecule has 0 saturated heterocycles. The van der Waals surface area contributed by atoms with Gasteiger partial charge < -0.3 is 10.2 Å². The van der Waals surface area contributed by atoms with E-state index in [1.807, 2.05) is 11.8 Å². The van der Waals surface area contributed by atoms with Gasteiger partial charge in [0.25, 0.3) is 0 Å². The van der Waals surface area contributed by atoms with E-state index in [0.29, 0.717) is 11.5 Å². The minimum atomic E-state index is -0.238. The Kier molecular flexibility index (Phi) is 8.65. The quantitative estimate of drug-likeness (QED) is 0.388. The molecular weight excluding hydrogens is 496 g/mol. The molecule has 2 rings (SSSR count). The molecule has 0 fully saturated rings. The van der Waals surface area contributed by atoms with Crippen LogP contribution in [0.3, 0.4) is 0 Å². The second-order valence-corrected chi connectivity index (χ2v) is 18.7. The van der Waals surface area contributed by atoms with Gasteiger partial charge in [0.15, 0.2) is 0 Å². The molecule has 0 aliphatic heterocycles. The van der Waals surface area contributed by atoms with Crippen molar-refractivity contribution < 1.29 is 10.2 Å². The summed E-state index contributed by atoms with van der Waals surface area (Å²) in [7, 11) is 0. The Balaban J connectivity index is 3.24. The Morgan fingerprint density at radius 3 is 0.795 bits per heavy atom. The van der Waals surface area contributed by atoms with Crippen molar-refractivity contribution in [3.05, 3.63) is 45.5 Å². The predicted octanol–water partition coefficient (Wildman–Crippen LogP) is 11.0. The summed E-state index contributed by atoms with van der Waals surface area (Å²) in [5.74, 6) is 0.855. The SMILES string of the molecule is CC(C)(C)c1cc(Sc2cc(C(C)(C)C)c(O)c(C(C)(C)C)c2C(C)(C)C)c(C(C)(C)C)c(C(C)(C)C)c1O. The molecule has 0 atom stereocenters. The van der Waals surface area contributed by atoms with Crippen molar-refractivity contribution in [2.45, 2.75) is 167 Å². The topological polar surface area (TPSA) is 40.5 Å². The number of aromatic hydroxyl groups is 2. The van der Waals surface area contributed by atoms with Gasteiger partial charge in [0.05, 0.1) is 0 Å². The van der Waals surface area contributed by atoms with Crippen molar-refractivity contribution in [3.8, 4) is 11.5 Å². The summed E-state index contributed by atoms with van der Waals surface area (Å²) in [6.45, 7) is 39.8. The lowest BCUT2D eigenvalue weighted by Gasteiger charge is -2.38. The van der Waals surface area contributed by atoms with Crippen molar-refractivity contribution in [2.24, 2.45) is 0 Å². The molecule has 2 aromatic carbocycles. The van der Waals surface area contributed by atoms with E-state index in [1.165, 1.54) is 20.9 Å². The van der Waals surface area contributed by atoms with Gasteiger partial charge in [0.2, 0.25) is 0 Å². The van der Waals surface area contributed by atoms with Crippen LogP contribution in [0.4, 0.5) is 0 Å². The first-order chi connectivity index (χ1) is 17.0. The summed E-state index contributed by atoms with van der Waals surface area (Å²) in [6.07, 6.45) is 0. The Bertz CT molecular complexity index is 1130. The van der Waals surface area contributed by atoms with Gasteiger partial charge in [-0.1, -0.05) is 136 Å². The number of hydrogen-bond acceptors (Lipinski definition) is 3. The number of phenols is 2. The van der Waals surface area contributed by atoms with Crippen molar-refractivity contribution in [2.75, 3.05) is 0 Å². The lowest BCUT2D eigenvalue weighted by molar-refractivity contribution is 0.411. The van der Waals surface area contributed by atoms with Gasteiger partial charge in [-0.05, 0) is 55.7 Å². The molecule has 0 spiro atoms. The van der Waals surface area contributed by atoms with Crippen LogP contribution in [0.1, 0.15) is 158 Å². The van der Waals surface area contributed by atoms with Crippen molar-refractivity contribution in [1.82, 2.24) is 0 Å². The smallest absolute Gasteiger partial charge is 0.123 e. The van der Waals surface area contributed by atoms with Gasteiger partial charge in [-0.3, -0.25) is 0 Å². The first-order valence-corrected chi connectivity index (χ1v) is 15.3. The van der Waals surface area contributed by atoms with Crippen LogP contribution in [0.5, 0.6) is 11.5 Å². The van der Waals surface area contributed by atoms with Crippen LogP contribution in [0.2, 0.25) is 0 Å². The highest BCUT2D eigenvalue weighted by Crippen LogP contribution is 2.54. The van der Waals surface area contributed by atoms with Gasteiger partial charge in [-0.2, -0.15) is 0 Å². The Labute approximate surface area is 245 Å². The van der Waals surface area contributed by atoms with E-state index in [4.69, 9.17) is 0 Å². The second-order valence-electron chi connectivity index (χ2n) is 17.6. The molecule has 220 valence electrons. The monoisotopic (exact) mass is 554 g/mol. The average Bonchev–Trinajstić information content (AvgIpc) is 2.64. The molecule has 0 aliphatic rings. The van der Waals surface area contributed by atoms with Crippen LogP contribution < -0.4 is 0 Å². The van der Waals surface area contributed by atoms with Crippen LogP contribution in [-0.2, 0) is 32.5 Å². The molecule has 0 aromatic heterocycles. The fraction of sp³-hybridized carbons (Fsp3) is 0.667.